The molecule has 0 fully saturated rings. The molecule has 0 aliphatic rings. The monoisotopic (exact) mass is 407 g/mol. The number of hydrogen-bond donors (Lipinski definition) is 0. The lowest BCUT2D eigenvalue weighted by Crippen LogP contribution is -2.14. The van der Waals surface area contributed by atoms with Crippen LogP contribution in [0.15, 0.2) is 29.3 Å². The molecule has 0 spiro atoms. The zero-order valence-electron chi connectivity index (χ0n) is 15.0. The Morgan fingerprint density at radius 3 is 2.65 bits per heavy atom. The van der Waals surface area contributed by atoms with Gasteiger partial charge >= 0.3 is 0 Å². The van der Waals surface area contributed by atoms with Crippen LogP contribution < -0.4 is 4.74 Å². The molecule has 0 aliphatic heterocycles. The SMILES string of the molecule is CCN(C)C=Nc1cc(C)c(Oc2snc3c(Cl)ccc(Cl)c23)cc1C. The van der Waals surface area contributed by atoms with Crippen molar-refractivity contribution in [2.75, 3.05) is 13.6 Å². The van der Waals surface area contributed by atoms with E-state index < -0.39 is 0 Å². The van der Waals surface area contributed by atoms with E-state index in [1.165, 1.54) is 11.5 Å². The largest absolute Gasteiger partial charge is 0.444 e. The molecule has 0 saturated carbocycles. The Hall–Kier alpha value is -1.82. The van der Waals surface area contributed by atoms with E-state index in [0.717, 1.165) is 34.5 Å². The van der Waals surface area contributed by atoms with Crippen molar-refractivity contribution in [1.29, 1.82) is 0 Å². The van der Waals surface area contributed by atoms with Gasteiger partial charge in [-0.15, -0.1) is 0 Å². The van der Waals surface area contributed by atoms with Crippen LogP contribution in [0.5, 0.6) is 10.8 Å². The standard InChI is InChI=1S/C19H19Cl2N3OS/c1-5-24(4)10-22-15-8-12(3)16(9-11(15)2)25-19-17-13(20)6-7-14(21)18(17)23-26-19/h6-10H,5H2,1-4H3. The second-order valence-electron chi connectivity index (χ2n) is 6.05. The van der Waals surface area contributed by atoms with Gasteiger partial charge in [-0.3, -0.25) is 0 Å². The Morgan fingerprint density at radius 1 is 1.19 bits per heavy atom. The van der Waals surface area contributed by atoms with E-state index in [1.54, 1.807) is 12.1 Å². The summed E-state index contributed by atoms with van der Waals surface area (Å²) in [6, 6.07) is 7.50. The van der Waals surface area contributed by atoms with E-state index in [2.05, 4.69) is 16.3 Å². The van der Waals surface area contributed by atoms with Crippen LogP contribution >= 0.6 is 34.7 Å². The van der Waals surface area contributed by atoms with E-state index in [4.69, 9.17) is 27.9 Å². The average molecular weight is 408 g/mol. The van der Waals surface area contributed by atoms with Crippen molar-refractivity contribution in [1.82, 2.24) is 9.27 Å². The number of rotatable bonds is 5. The van der Waals surface area contributed by atoms with Crippen LogP contribution in [0.3, 0.4) is 0 Å². The van der Waals surface area contributed by atoms with Gasteiger partial charge in [0.05, 0.1) is 27.5 Å². The maximum absolute atomic E-state index is 6.33. The number of aryl methyl sites for hydroxylation is 2. The minimum atomic E-state index is 0.563. The molecule has 1 heterocycles. The Balaban J connectivity index is 1.95. The molecule has 0 radical (unpaired) electrons. The van der Waals surface area contributed by atoms with Gasteiger partial charge < -0.3 is 9.64 Å². The van der Waals surface area contributed by atoms with Crippen molar-refractivity contribution in [3.63, 3.8) is 0 Å². The molecule has 136 valence electrons. The number of nitrogens with zero attached hydrogens (tertiary/aromatic N) is 3. The van der Waals surface area contributed by atoms with Crippen molar-refractivity contribution in [2.24, 2.45) is 4.99 Å². The van der Waals surface area contributed by atoms with Gasteiger partial charge in [-0.2, -0.15) is 4.37 Å². The first kappa shape index (κ1) is 19.0. The first-order valence-electron chi connectivity index (χ1n) is 8.17. The minimum absolute atomic E-state index is 0.563. The van der Waals surface area contributed by atoms with Crippen LogP contribution in [0.1, 0.15) is 18.1 Å². The van der Waals surface area contributed by atoms with Gasteiger partial charge in [0.25, 0.3) is 0 Å². The molecular weight excluding hydrogens is 389 g/mol. The third kappa shape index (κ3) is 3.80. The average Bonchev–Trinajstić information content (AvgIpc) is 3.04. The van der Waals surface area contributed by atoms with Gasteiger partial charge in [-0.1, -0.05) is 23.2 Å². The van der Waals surface area contributed by atoms with Crippen LogP contribution in [-0.4, -0.2) is 29.2 Å². The van der Waals surface area contributed by atoms with E-state index in [0.29, 0.717) is 20.6 Å². The van der Waals surface area contributed by atoms with Crippen molar-refractivity contribution >= 4 is 57.7 Å². The molecule has 4 nitrogen and oxygen atoms in total. The molecule has 2 aromatic carbocycles. The van der Waals surface area contributed by atoms with Crippen LogP contribution in [0.25, 0.3) is 10.9 Å². The van der Waals surface area contributed by atoms with Crippen LogP contribution in [0, 0.1) is 13.8 Å². The lowest BCUT2D eigenvalue weighted by Gasteiger charge is -2.12. The third-order valence-electron chi connectivity index (χ3n) is 4.09. The summed E-state index contributed by atoms with van der Waals surface area (Å²) in [6.45, 7) is 7.00. The first-order valence-corrected chi connectivity index (χ1v) is 9.70. The van der Waals surface area contributed by atoms with Gasteiger partial charge in [0, 0.05) is 25.1 Å². The fourth-order valence-corrected chi connectivity index (χ4v) is 3.73. The maximum atomic E-state index is 6.33. The first-order chi connectivity index (χ1) is 12.4. The summed E-state index contributed by atoms with van der Waals surface area (Å²) in [5.74, 6) is 0.756. The molecule has 0 saturated heterocycles. The quantitative estimate of drug-likeness (QED) is 0.352. The predicted octanol–water partition coefficient (Wildman–Crippen LogP) is 6.62. The highest BCUT2D eigenvalue weighted by Gasteiger charge is 2.16. The third-order valence-corrected chi connectivity index (χ3v) is 5.44. The van der Waals surface area contributed by atoms with E-state index in [1.807, 2.05) is 44.3 Å². The van der Waals surface area contributed by atoms with Gasteiger partial charge in [-0.25, -0.2) is 4.99 Å². The molecule has 0 unspecified atom stereocenters. The highest BCUT2D eigenvalue weighted by molar-refractivity contribution is 7.09. The summed E-state index contributed by atoms with van der Waals surface area (Å²) in [5.41, 5.74) is 3.61. The van der Waals surface area contributed by atoms with E-state index in [-0.39, 0.29) is 0 Å². The van der Waals surface area contributed by atoms with Gasteiger partial charge in [-0.05, 0) is 56.2 Å². The van der Waals surface area contributed by atoms with Crippen LogP contribution in [0.4, 0.5) is 5.69 Å². The Morgan fingerprint density at radius 2 is 1.92 bits per heavy atom. The molecule has 7 heteroatoms. The number of benzene rings is 2. The minimum Gasteiger partial charge on any atom is -0.444 e. The Labute approximate surface area is 167 Å². The summed E-state index contributed by atoms with van der Waals surface area (Å²) in [4.78, 5) is 6.57. The fourth-order valence-electron chi connectivity index (χ4n) is 2.39. The summed E-state index contributed by atoms with van der Waals surface area (Å²) < 4.78 is 10.5. The van der Waals surface area contributed by atoms with Gasteiger partial charge in [0.15, 0.2) is 0 Å². The lowest BCUT2D eigenvalue weighted by molar-refractivity contribution is 0.497. The van der Waals surface area contributed by atoms with Gasteiger partial charge in [0.1, 0.15) is 11.3 Å². The maximum Gasteiger partial charge on any atom is 0.209 e. The molecule has 0 N–H and O–H groups in total. The molecule has 0 amide bonds. The van der Waals surface area contributed by atoms with Crippen molar-refractivity contribution < 1.29 is 4.74 Å². The molecule has 0 bridgehead atoms. The summed E-state index contributed by atoms with van der Waals surface area (Å²) in [6.07, 6.45) is 1.83. The highest BCUT2D eigenvalue weighted by atomic mass is 35.5. The fraction of sp³-hybridized carbons (Fsp3) is 0.263. The molecule has 3 rings (SSSR count). The molecule has 1 aromatic heterocycles. The number of aromatic nitrogens is 1. The van der Waals surface area contributed by atoms with Crippen molar-refractivity contribution in [3.8, 4) is 10.8 Å². The van der Waals surface area contributed by atoms with E-state index >= 15 is 0 Å². The van der Waals surface area contributed by atoms with Crippen LogP contribution in [0.2, 0.25) is 10.0 Å². The van der Waals surface area contributed by atoms with Gasteiger partial charge in [0.2, 0.25) is 5.06 Å². The van der Waals surface area contributed by atoms with Crippen molar-refractivity contribution in [2.45, 2.75) is 20.8 Å². The molecule has 3 aromatic rings. The topological polar surface area (TPSA) is 37.7 Å². The van der Waals surface area contributed by atoms with Crippen LogP contribution in [-0.2, 0) is 0 Å². The van der Waals surface area contributed by atoms with Crippen molar-refractivity contribution in [3.05, 3.63) is 45.4 Å². The highest BCUT2D eigenvalue weighted by Crippen LogP contribution is 2.42. The Bertz CT molecular complexity index is 985. The number of fused-ring (bicyclic) bond motifs is 1. The molecule has 26 heavy (non-hydrogen) atoms. The number of aliphatic imine (C=N–C) groups is 1. The number of hydrogen-bond acceptors (Lipinski definition) is 4. The summed E-state index contributed by atoms with van der Waals surface area (Å²) >= 11 is 13.8. The number of ether oxygens (including phenoxy) is 1. The summed E-state index contributed by atoms with van der Waals surface area (Å²) in [5, 5.41) is 2.52. The molecule has 0 aliphatic carbocycles. The normalized spacial score (nSPS) is 11.5. The zero-order chi connectivity index (χ0) is 18.8. The summed E-state index contributed by atoms with van der Waals surface area (Å²) in [7, 11) is 1.99. The zero-order valence-corrected chi connectivity index (χ0v) is 17.3. The second kappa shape index (κ2) is 7.82. The predicted molar refractivity (Wildman–Crippen MR) is 112 cm³/mol. The Kier molecular flexibility index (Phi) is 5.70. The molecule has 0 atom stereocenters. The lowest BCUT2D eigenvalue weighted by atomic mass is 10.1. The second-order valence-corrected chi connectivity index (χ2v) is 7.60. The smallest absolute Gasteiger partial charge is 0.209 e. The molecular formula is C19H19Cl2N3OS. The number of halogens is 2. The van der Waals surface area contributed by atoms with E-state index in [9.17, 15) is 0 Å².